The van der Waals surface area contributed by atoms with Gasteiger partial charge in [0.25, 0.3) is 0 Å². The van der Waals surface area contributed by atoms with E-state index in [1.54, 1.807) is 0 Å². The predicted molar refractivity (Wildman–Crippen MR) is 90.2 cm³/mol. The molecule has 0 saturated carbocycles. The summed E-state index contributed by atoms with van der Waals surface area (Å²) in [5, 5.41) is 4.40. The van der Waals surface area contributed by atoms with Crippen LogP contribution in [0.1, 0.15) is 40.0 Å². The van der Waals surface area contributed by atoms with Gasteiger partial charge in [-0.25, -0.2) is 0 Å². The zero-order valence-electron chi connectivity index (χ0n) is 13.4. The van der Waals surface area contributed by atoms with E-state index in [1.807, 2.05) is 13.8 Å². The highest BCUT2D eigenvalue weighted by atomic mass is 32.1. The summed E-state index contributed by atoms with van der Waals surface area (Å²) in [7, 11) is 0. The molecule has 0 aromatic carbocycles. The van der Waals surface area contributed by atoms with Crippen LogP contribution < -0.4 is 15.8 Å². The predicted octanol–water partition coefficient (Wildman–Crippen LogP) is 3.05. The molecule has 2 rings (SSSR count). The van der Waals surface area contributed by atoms with Gasteiger partial charge < -0.3 is 20.7 Å². The summed E-state index contributed by atoms with van der Waals surface area (Å²) in [6, 6.07) is 0. The van der Waals surface area contributed by atoms with Crippen LogP contribution in [0.2, 0.25) is 0 Å². The van der Waals surface area contributed by atoms with Crippen molar-refractivity contribution in [3.8, 4) is 5.75 Å². The Hall–Kier alpha value is -1.01. The van der Waals surface area contributed by atoms with E-state index >= 15 is 0 Å². The molecule has 1 aromatic heterocycles. The molecule has 1 aromatic rings. The van der Waals surface area contributed by atoms with Crippen molar-refractivity contribution in [1.82, 2.24) is 9.27 Å². The summed E-state index contributed by atoms with van der Waals surface area (Å²) >= 11 is 1.38. The van der Waals surface area contributed by atoms with Crippen LogP contribution in [0.5, 0.6) is 5.75 Å². The third-order valence-electron chi connectivity index (χ3n) is 3.66. The smallest absolute Gasteiger partial charge is 0.197 e. The van der Waals surface area contributed by atoms with Gasteiger partial charge in [0.05, 0.1) is 6.10 Å². The minimum atomic E-state index is 0.107. The third kappa shape index (κ3) is 5.04. The molecule has 0 radical (unpaired) electrons. The van der Waals surface area contributed by atoms with E-state index in [-0.39, 0.29) is 6.10 Å². The molecule has 21 heavy (non-hydrogen) atoms. The first-order chi connectivity index (χ1) is 10.1. The standard InChI is InChI=1S/C15H28N4OS/c1-11(2)20-13-14(16)18-21-15(13)17-9-12(3)10-19-7-5-4-6-8-19/h11-12,17H,4-10H2,1-3H3,(H2,16,18). The van der Waals surface area contributed by atoms with Gasteiger partial charge in [-0.05, 0) is 57.2 Å². The lowest BCUT2D eigenvalue weighted by molar-refractivity contribution is 0.204. The van der Waals surface area contributed by atoms with E-state index in [0.717, 1.165) is 18.1 Å². The highest BCUT2D eigenvalue weighted by molar-refractivity contribution is 7.11. The van der Waals surface area contributed by atoms with Crippen LogP contribution in [-0.2, 0) is 0 Å². The molecule has 2 heterocycles. The average Bonchev–Trinajstić information content (AvgIpc) is 2.78. The maximum atomic E-state index is 5.87. The number of nitrogens with two attached hydrogens (primary N) is 1. The van der Waals surface area contributed by atoms with Crippen LogP contribution in [0.25, 0.3) is 0 Å². The van der Waals surface area contributed by atoms with Gasteiger partial charge in [-0.2, -0.15) is 4.37 Å². The second-order valence-corrected chi connectivity index (χ2v) is 7.01. The Labute approximate surface area is 132 Å². The molecule has 5 nitrogen and oxygen atoms in total. The fraction of sp³-hybridized carbons (Fsp3) is 0.800. The Morgan fingerprint density at radius 2 is 2.00 bits per heavy atom. The van der Waals surface area contributed by atoms with Crippen LogP contribution in [0.15, 0.2) is 0 Å². The Bertz CT molecular complexity index is 429. The normalized spacial score (nSPS) is 17.9. The summed E-state index contributed by atoms with van der Waals surface area (Å²) in [5.41, 5.74) is 5.87. The Balaban J connectivity index is 1.81. The molecule has 0 bridgehead atoms. The van der Waals surface area contributed by atoms with Gasteiger partial charge in [0.1, 0.15) is 0 Å². The highest BCUT2D eigenvalue weighted by Gasteiger charge is 2.17. The van der Waals surface area contributed by atoms with E-state index in [0.29, 0.717) is 17.5 Å². The molecule has 1 aliphatic heterocycles. The van der Waals surface area contributed by atoms with E-state index in [9.17, 15) is 0 Å². The van der Waals surface area contributed by atoms with Crippen molar-refractivity contribution in [1.29, 1.82) is 0 Å². The van der Waals surface area contributed by atoms with Crippen molar-refractivity contribution in [2.24, 2.45) is 5.92 Å². The molecule has 1 fully saturated rings. The Morgan fingerprint density at radius 1 is 1.29 bits per heavy atom. The number of anilines is 2. The fourth-order valence-electron chi connectivity index (χ4n) is 2.67. The molecule has 1 saturated heterocycles. The molecule has 0 aliphatic carbocycles. The molecule has 1 aliphatic rings. The molecule has 1 unspecified atom stereocenters. The number of piperidine rings is 1. The number of rotatable bonds is 7. The zero-order chi connectivity index (χ0) is 15.2. The molecule has 0 spiro atoms. The first-order valence-corrected chi connectivity index (χ1v) is 8.71. The van der Waals surface area contributed by atoms with Gasteiger partial charge in [-0.15, -0.1) is 0 Å². The van der Waals surface area contributed by atoms with Gasteiger partial charge in [0, 0.05) is 13.1 Å². The zero-order valence-corrected chi connectivity index (χ0v) is 14.2. The summed E-state index contributed by atoms with van der Waals surface area (Å²) in [6.45, 7) is 10.9. The Kier molecular flexibility index (Phi) is 6.11. The molecule has 0 amide bonds. The summed E-state index contributed by atoms with van der Waals surface area (Å²) in [4.78, 5) is 2.57. The average molecular weight is 312 g/mol. The summed E-state index contributed by atoms with van der Waals surface area (Å²) < 4.78 is 9.93. The van der Waals surface area contributed by atoms with Crippen molar-refractivity contribution in [2.45, 2.75) is 46.1 Å². The van der Waals surface area contributed by atoms with Crippen LogP contribution in [-0.4, -0.2) is 41.6 Å². The monoisotopic (exact) mass is 312 g/mol. The van der Waals surface area contributed by atoms with Crippen molar-refractivity contribution in [3.63, 3.8) is 0 Å². The highest BCUT2D eigenvalue weighted by Crippen LogP contribution is 2.35. The number of aromatic nitrogens is 1. The minimum Gasteiger partial charge on any atom is -0.484 e. The molecular formula is C15H28N4OS. The SMILES string of the molecule is CC(CNc1snc(N)c1OC(C)C)CN1CCCCC1. The second-order valence-electron chi connectivity index (χ2n) is 6.24. The summed E-state index contributed by atoms with van der Waals surface area (Å²) in [5.74, 6) is 1.79. The maximum absolute atomic E-state index is 5.87. The number of hydrogen-bond acceptors (Lipinski definition) is 6. The fourth-order valence-corrected chi connectivity index (χ4v) is 3.33. The van der Waals surface area contributed by atoms with Gasteiger partial charge in [0.15, 0.2) is 16.6 Å². The lowest BCUT2D eigenvalue weighted by atomic mass is 10.1. The van der Waals surface area contributed by atoms with Crippen molar-refractivity contribution in [2.75, 3.05) is 37.2 Å². The first-order valence-electron chi connectivity index (χ1n) is 7.94. The first kappa shape index (κ1) is 16.4. The van der Waals surface area contributed by atoms with E-state index in [1.165, 1.54) is 43.9 Å². The molecular weight excluding hydrogens is 284 g/mol. The van der Waals surface area contributed by atoms with Gasteiger partial charge in [-0.3, -0.25) is 0 Å². The van der Waals surface area contributed by atoms with Crippen LogP contribution in [0, 0.1) is 5.92 Å². The topological polar surface area (TPSA) is 63.4 Å². The quantitative estimate of drug-likeness (QED) is 0.810. The number of likely N-dealkylation sites (tertiary alicyclic amines) is 1. The number of nitrogens with zero attached hydrogens (tertiary/aromatic N) is 2. The maximum Gasteiger partial charge on any atom is 0.197 e. The number of nitrogens with one attached hydrogen (secondary N) is 1. The number of hydrogen-bond donors (Lipinski definition) is 2. The lowest BCUT2D eigenvalue weighted by Gasteiger charge is -2.29. The molecule has 120 valence electrons. The molecule has 3 N–H and O–H groups in total. The number of ether oxygens (including phenoxy) is 1. The van der Waals surface area contributed by atoms with E-state index in [4.69, 9.17) is 10.5 Å². The van der Waals surface area contributed by atoms with Crippen LogP contribution in [0.4, 0.5) is 10.8 Å². The van der Waals surface area contributed by atoms with Crippen molar-refractivity contribution in [3.05, 3.63) is 0 Å². The largest absolute Gasteiger partial charge is 0.484 e. The van der Waals surface area contributed by atoms with Gasteiger partial charge in [-0.1, -0.05) is 13.3 Å². The van der Waals surface area contributed by atoms with Crippen LogP contribution in [0.3, 0.4) is 0 Å². The van der Waals surface area contributed by atoms with Gasteiger partial charge >= 0.3 is 0 Å². The lowest BCUT2D eigenvalue weighted by Crippen LogP contribution is -2.35. The van der Waals surface area contributed by atoms with E-state index < -0.39 is 0 Å². The summed E-state index contributed by atoms with van der Waals surface area (Å²) in [6.07, 6.45) is 4.18. The third-order valence-corrected chi connectivity index (χ3v) is 4.46. The minimum absolute atomic E-state index is 0.107. The van der Waals surface area contributed by atoms with Gasteiger partial charge in [0.2, 0.25) is 0 Å². The Morgan fingerprint density at radius 3 is 2.67 bits per heavy atom. The van der Waals surface area contributed by atoms with Crippen LogP contribution >= 0.6 is 11.5 Å². The number of nitrogen functional groups attached to an aromatic ring is 1. The molecule has 1 atom stereocenters. The molecule has 6 heteroatoms. The van der Waals surface area contributed by atoms with Crippen molar-refractivity contribution < 1.29 is 4.74 Å². The van der Waals surface area contributed by atoms with Crippen molar-refractivity contribution >= 4 is 22.4 Å². The van der Waals surface area contributed by atoms with E-state index in [2.05, 4.69) is 21.5 Å². The second kappa shape index (κ2) is 7.84.